The van der Waals surface area contributed by atoms with Crippen molar-refractivity contribution in [3.63, 3.8) is 0 Å². The molecule has 0 aliphatic carbocycles. The predicted octanol–water partition coefficient (Wildman–Crippen LogP) is 2.64. The van der Waals surface area contributed by atoms with Gasteiger partial charge in [0.1, 0.15) is 0 Å². The highest BCUT2D eigenvalue weighted by molar-refractivity contribution is 9.11. The van der Waals surface area contributed by atoms with Gasteiger partial charge >= 0.3 is 0 Å². The number of hydrogen-bond acceptors (Lipinski definition) is 3. The van der Waals surface area contributed by atoms with Crippen molar-refractivity contribution < 1.29 is 4.79 Å². The van der Waals surface area contributed by atoms with E-state index >= 15 is 0 Å². The van der Waals surface area contributed by atoms with Crippen molar-refractivity contribution in [3.8, 4) is 0 Å². The summed E-state index contributed by atoms with van der Waals surface area (Å²) in [6, 6.07) is 3.59. The Labute approximate surface area is 89.0 Å². The first-order chi connectivity index (χ1) is 6.09. The van der Waals surface area contributed by atoms with E-state index in [4.69, 9.17) is 0 Å². The number of carbonyl (C=O) groups is 1. The van der Waals surface area contributed by atoms with Crippen LogP contribution in [-0.4, -0.2) is 11.6 Å². The van der Waals surface area contributed by atoms with Gasteiger partial charge in [0, 0.05) is 5.71 Å². The van der Waals surface area contributed by atoms with Crippen LogP contribution in [-0.2, 0) is 0 Å². The second-order valence-corrected chi connectivity index (χ2v) is 5.07. The predicted molar refractivity (Wildman–Crippen MR) is 58.3 cm³/mol. The summed E-state index contributed by atoms with van der Waals surface area (Å²) in [5.41, 5.74) is 3.27. The van der Waals surface area contributed by atoms with Gasteiger partial charge in [0.2, 0.25) is 0 Å². The van der Waals surface area contributed by atoms with Crippen LogP contribution in [0.1, 0.15) is 23.5 Å². The van der Waals surface area contributed by atoms with Crippen LogP contribution in [0.25, 0.3) is 0 Å². The number of carbonyl (C=O) groups excluding carboxylic acids is 1. The molecule has 0 bridgehead atoms. The summed E-state index contributed by atoms with van der Waals surface area (Å²) in [7, 11) is 0. The van der Waals surface area contributed by atoms with E-state index in [1.807, 2.05) is 19.9 Å². The molecule has 1 heterocycles. The number of rotatable bonds is 2. The molecule has 0 atom stereocenters. The van der Waals surface area contributed by atoms with E-state index in [-0.39, 0.29) is 5.91 Å². The molecule has 0 radical (unpaired) electrons. The summed E-state index contributed by atoms with van der Waals surface area (Å²) in [4.78, 5) is 12.0. The van der Waals surface area contributed by atoms with Crippen LogP contribution >= 0.6 is 27.3 Å². The molecule has 0 unspecified atom stereocenters. The van der Waals surface area contributed by atoms with Crippen molar-refractivity contribution in [2.24, 2.45) is 5.10 Å². The van der Waals surface area contributed by atoms with Gasteiger partial charge < -0.3 is 0 Å². The molecular formula is C8H9BrN2OS. The Morgan fingerprint density at radius 2 is 2.23 bits per heavy atom. The molecule has 0 saturated heterocycles. The van der Waals surface area contributed by atoms with Crippen LogP contribution in [0.2, 0.25) is 0 Å². The van der Waals surface area contributed by atoms with Crippen molar-refractivity contribution >= 4 is 38.9 Å². The second-order valence-electron chi connectivity index (χ2n) is 2.60. The molecule has 70 valence electrons. The Hall–Kier alpha value is -0.680. The molecule has 0 aliphatic rings. The summed E-state index contributed by atoms with van der Waals surface area (Å²) >= 11 is 4.67. The van der Waals surface area contributed by atoms with Gasteiger partial charge in [-0.3, -0.25) is 4.79 Å². The number of hydrogen-bond donors (Lipinski definition) is 1. The Morgan fingerprint density at radius 1 is 1.54 bits per heavy atom. The summed E-state index contributed by atoms with van der Waals surface area (Å²) in [5, 5.41) is 3.82. The molecule has 5 heteroatoms. The first-order valence-corrected chi connectivity index (χ1v) is 5.27. The van der Waals surface area contributed by atoms with Crippen LogP contribution < -0.4 is 5.43 Å². The minimum absolute atomic E-state index is 0.170. The lowest BCUT2D eigenvalue weighted by Gasteiger charge is -1.95. The zero-order valence-electron chi connectivity index (χ0n) is 7.30. The number of thiophene rings is 1. The third-order valence-electron chi connectivity index (χ3n) is 1.18. The van der Waals surface area contributed by atoms with E-state index in [9.17, 15) is 4.79 Å². The van der Waals surface area contributed by atoms with Crippen LogP contribution in [0.5, 0.6) is 0 Å². The van der Waals surface area contributed by atoms with Gasteiger partial charge in [-0.05, 0) is 41.9 Å². The van der Waals surface area contributed by atoms with Crippen LogP contribution in [0.4, 0.5) is 0 Å². The summed E-state index contributed by atoms with van der Waals surface area (Å²) < 4.78 is 0.940. The minimum Gasteiger partial charge on any atom is -0.266 e. The molecule has 0 aliphatic heterocycles. The quantitative estimate of drug-likeness (QED) is 0.645. The maximum atomic E-state index is 11.3. The highest BCUT2D eigenvalue weighted by Gasteiger charge is 2.06. The largest absolute Gasteiger partial charge is 0.281 e. The van der Waals surface area contributed by atoms with Gasteiger partial charge in [-0.15, -0.1) is 11.3 Å². The summed E-state index contributed by atoms with van der Waals surface area (Å²) in [6.45, 7) is 3.65. The topological polar surface area (TPSA) is 41.5 Å². The summed E-state index contributed by atoms with van der Waals surface area (Å²) in [5.74, 6) is -0.170. The molecular weight excluding hydrogens is 252 g/mol. The lowest BCUT2D eigenvalue weighted by Crippen LogP contribution is -2.16. The third-order valence-corrected chi connectivity index (χ3v) is 2.80. The Morgan fingerprint density at radius 3 is 2.69 bits per heavy atom. The maximum Gasteiger partial charge on any atom is 0.281 e. The van der Waals surface area contributed by atoms with Crippen molar-refractivity contribution in [1.29, 1.82) is 0 Å². The van der Waals surface area contributed by atoms with Crippen molar-refractivity contribution in [3.05, 3.63) is 20.8 Å². The van der Waals surface area contributed by atoms with Gasteiger partial charge in [-0.25, -0.2) is 5.43 Å². The van der Waals surface area contributed by atoms with Gasteiger partial charge in [0.05, 0.1) is 8.66 Å². The minimum atomic E-state index is -0.170. The third kappa shape index (κ3) is 3.28. The Bertz CT molecular complexity index is 342. The van der Waals surface area contributed by atoms with Gasteiger partial charge in [0.15, 0.2) is 0 Å². The number of halogens is 1. The smallest absolute Gasteiger partial charge is 0.266 e. The zero-order chi connectivity index (χ0) is 9.84. The molecule has 1 aromatic rings. The molecule has 1 aromatic heterocycles. The lowest BCUT2D eigenvalue weighted by molar-refractivity contribution is 0.0959. The summed E-state index contributed by atoms with van der Waals surface area (Å²) in [6.07, 6.45) is 0. The van der Waals surface area contributed by atoms with Gasteiger partial charge in [0.25, 0.3) is 5.91 Å². The first-order valence-electron chi connectivity index (χ1n) is 3.66. The van der Waals surface area contributed by atoms with Crippen LogP contribution in [0.15, 0.2) is 21.0 Å². The molecule has 0 spiro atoms. The molecule has 1 amide bonds. The highest BCUT2D eigenvalue weighted by atomic mass is 79.9. The van der Waals surface area contributed by atoms with Crippen LogP contribution in [0.3, 0.4) is 0 Å². The van der Waals surface area contributed by atoms with E-state index in [1.165, 1.54) is 11.3 Å². The Balaban J connectivity index is 2.64. The molecule has 0 saturated carbocycles. The van der Waals surface area contributed by atoms with Gasteiger partial charge in [-0.1, -0.05) is 0 Å². The van der Waals surface area contributed by atoms with Crippen molar-refractivity contribution in [1.82, 2.24) is 5.43 Å². The van der Waals surface area contributed by atoms with Gasteiger partial charge in [-0.2, -0.15) is 5.10 Å². The highest BCUT2D eigenvalue weighted by Crippen LogP contribution is 2.21. The normalized spacial score (nSPS) is 9.46. The standard InChI is InChI=1S/C8H9BrN2OS/c1-5(2)10-11-8(12)6-3-4-7(9)13-6/h3-4H,1-2H3,(H,11,12). The van der Waals surface area contributed by atoms with Crippen molar-refractivity contribution in [2.75, 3.05) is 0 Å². The zero-order valence-corrected chi connectivity index (χ0v) is 9.70. The average molecular weight is 261 g/mol. The average Bonchev–Trinajstić information content (AvgIpc) is 2.47. The van der Waals surface area contributed by atoms with E-state index in [0.29, 0.717) is 4.88 Å². The molecule has 0 fully saturated rings. The number of nitrogens with one attached hydrogen (secondary N) is 1. The molecule has 13 heavy (non-hydrogen) atoms. The first kappa shape index (κ1) is 10.4. The van der Waals surface area contributed by atoms with E-state index < -0.39 is 0 Å². The SMILES string of the molecule is CC(C)=NNC(=O)c1ccc(Br)s1. The molecule has 0 aromatic carbocycles. The number of nitrogens with zero attached hydrogens (tertiary/aromatic N) is 1. The van der Waals surface area contributed by atoms with Crippen LogP contribution in [0, 0.1) is 0 Å². The number of amides is 1. The Kier molecular flexibility index (Phi) is 3.62. The molecule has 1 N–H and O–H groups in total. The molecule has 3 nitrogen and oxygen atoms in total. The monoisotopic (exact) mass is 260 g/mol. The van der Waals surface area contributed by atoms with E-state index in [1.54, 1.807) is 6.07 Å². The fourth-order valence-corrected chi connectivity index (χ4v) is 1.93. The van der Waals surface area contributed by atoms with E-state index in [2.05, 4.69) is 26.5 Å². The maximum absolute atomic E-state index is 11.3. The second kappa shape index (κ2) is 4.53. The van der Waals surface area contributed by atoms with Crippen molar-refractivity contribution in [2.45, 2.75) is 13.8 Å². The fourth-order valence-electron chi connectivity index (χ4n) is 0.654. The lowest BCUT2D eigenvalue weighted by atomic mass is 10.4. The molecule has 1 rings (SSSR count). The van der Waals surface area contributed by atoms with E-state index in [0.717, 1.165) is 9.50 Å². The number of hydrazone groups is 1. The fraction of sp³-hybridized carbons (Fsp3) is 0.250.